The molecule has 68 valence electrons. The van der Waals surface area contributed by atoms with E-state index in [0.717, 1.165) is 19.5 Å². The number of fused-ring (bicyclic) bond motifs is 1. The number of hydrogen-bond donors (Lipinski definition) is 0. The summed E-state index contributed by atoms with van der Waals surface area (Å²) in [6, 6.07) is 1.99. The Hall–Kier alpha value is -0.650. The molecule has 13 heavy (non-hydrogen) atoms. The molecular formula is C9H9IN2O. The summed E-state index contributed by atoms with van der Waals surface area (Å²) in [5.41, 5.74) is 2.50. The van der Waals surface area contributed by atoms with Crippen LogP contribution in [0.3, 0.4) is 0 Å². The van der Waals surface area contributed by atoms with Gasteiger partial charge in [0.2, 0.25) is 0 Å². The molecule has 0 spiro atoms. The van der Waals surface area contributed by atoms with Crippen LogP contribution in [0.5, 0.6) is 0 Å². The molecule has 1 aliphatic heterocycles. The van der Waals surface area contributed by atoms with E-state index in [2.05, 4.69) is 4.98 Å². The van der Waals surface area contributed by atoms with Crippen LogP contribution in [0.25, 0.3) is 0 Å². The molecule has 3 nitrogen and oxygen atoms in total. The fraction of sp³-hybridized carbons (Fsp3) is 0.333. The van der Waals surface area contributed by atoms with Crippen molar-refractivity contribution in [1.82, 2.24) is 9.88 Å². The largest absolute Gasteiger partial charge is 0.329 e. The van der Waals surface area contributed by atoms with Crippen molar-refractivity contribution in [3.8, 4) is 0 Å². The first kappa shape index (κ1) is 8.93. The molecule has 0 unspecified atom stereocenters. The summed E-state index contributed by atoms with van der Waals surface area (Å²) in [4.78, 5) is 17.0. The van der Waals surface area contributed by atoms with E-state index >= 15 is 0 Å². The van der Waals surface area contributed by atoms with Gasteiger partial charge in [0.15, 0.2) is 0 Å². The van der Waals surface area contributed by atoms with Crippen molar-refractivity contribution < 1.29 is 4.79 Å². The lowest BCUT2D eigenvalue weighted by Crippen LogP contribution is -2.32. The van der Waals surface area contributed by atoms with Gasteiger partial charge >= 0.3 is 0 Å². The van der Waals surface area contributed by atoms with Crippen LogP contribution < -0.4 is 0 Å². The lowest BCUT2D eigenvalue weighted by molar-refractivity contribution is 0.221. The highest BCUT2D eigenvalue weighted by Crippen LogP contribution is 2.18. The fourth-order valence-corrected chi connectivity index (χ4v) is 1.94. The van der Waals surface area contributed by atoms with Crippen LogP contribution in [0.15, 0.2) is 18.5 Å². The molecule has 4 heteroatoms. The van der Waals surface area contributed by atoms with Gasteiger partial charge < -0.3 is 4.90 Å². The van der Waals surface area contributed by atoms with E-state index < -0.39 is 0 Å². The molecule has 0 saturated heterocycles. The van der Waals surface area contributed by atoms with Crippen molar-refractivity contribution in [2.45, 2.75) is 13.0 Å². The highest BCUT2D eigenvalue weighted by atomic mass is 127. The summed E-state index contributed by atoms with van der Waals surface area (Å²) >= 11 is 1.83. The summed E-state index contributed by atoms with van der Waals surface area (Å²) in [5, 5.41) is 0. The SMILES string of the molecule is O=C(I)N1CCc2cnccc2C1. The number of halogens is 1. The lowest BCUT2D eigenvalue weighted by atomic mass is 10.0. The molecule has 0 aliphatic carbocycles. The molecule has 1 aromatic heterocycles. The predicted molar refractivity (Wildman–Crippen MR) is 57.8 cm³/mol. The minimum atomic E-state index is 0.125. The Kier molecular flexibility index (Phi) is 2.48. The summed E-state index contributed by atoms with van der Waals surface area (Å²) in [5.74, 6) is 0. The van der Waals surface area contributed by atoms with Crippen LogP contribution in [0, 0.1) is 0 Å². The number of nitrogens with zero attached hydrogens (tertiary/aromatic N) is 2. The van der Waals surface area contributed by atoms with Crippen LogP contribution in [-0.2, 0) is 13.0 Å². The zero-order valence-electron chi connectivity index (χ0n) is 7.03. The summed E-state index contributed by atoms with van der Waals surface area (Å²) in [6.45, 7) is 1.56. The van der Waals surface area contributed by atoms with Crippen LogP contribution in [-0.4, -0.2) is 20.3 Å². The third-order valence-electron chi connectivity index (χ3n) is 2.27. The van der Waals surface area contributed by atoms with Crippen molar-refractivity contribution >= 4 is 26.5 Å². The molecule has 1 aliphatic rings. The number of rotatable bonds is 0. The Labute approximate surface area is 90.3 Å². The Morgan fingerprint density at radius 2 is 2.38 bits per heavy atom. The van der Waals surface area contributed by atoms with Gasteiger partial charge in [-0.25, -0.2) is 0 Å². The Morgan fingerprint density at radius 1 is 1.54 bits per heavy atom. The van der Waals surface area contributed by atoms with E-state index in [0.29, 0.717) is 0 Å². The van der Waals surface area contributed by atoms with Gasteiger partial charge in [-0.2, -0.15) is 0 Å². The molecule has 2 rings (SSSR count). The molecule has 0 radical (unpaired) electrons. The average molecular weight is 288 g/mol. The maximum Gasteiger partial charge on any atom is 0.283 e. The van der Waals surface area contributed by atoms with E-state index in [1.807, 2.05) is 39.8 Å². The fourth-order valence-electron chi connectivity index (χ4n) is 1.53. The smallest absolute Gasteiger partial charge is 0.283 e. The molecule has 0 atom stereocenters. The number of pyridine rings is 1. The maximum atomic E-state index is 11.1. The first-order valence-electron chi connectivity index (χ1n) is 4.13. The molecule has 1 amide bonds. The van der Waals surface area contributed by atoms with Gasteiger partial charge in [-0.3, -0.25) is 9.78 Å². The van der Waals surface area contributed by atoms with Crippen molar-refractivity contribution in [1.29, 1.82) is 0 Å². The Morgan fingerprint density at radius 3 is 3.15 bits per heavy atom. The van der Waals surface area contributed by atoms with Gasteiger partial charge in [0, 0.05) is 48.1 Å². The number of amides is 1. The van der Waals surface area contributed by atoms with Gasteiger partial charge in [-0.15, -0.1) is 0 Å². The number of hydrogen-bond acceptors (Lipinski definition) is 2. The predicted octanol–water partition coefficient (Wildman–Crippen LogP) is 1.99. The van der Waals surface area contributed by atoms with E-state index in [9.17, 15) is 4.79 Å². The van der Waals surface area contributed by atoms with Crippen molar-refractivity contribution in [3.05, 3.63) is 29.6 Å². The topological polar surface area (TPSA) is 33.2 Å². The van der Waals surface area contributed by atoms with E-state index in [1.54, 1.807) is 6.20 Å². The van der Waals surface area contributed by atoms with Gasteiger partial charge in [0.25, 0.3) is 3.91 Å². The summed E-state index contributed by atoms with van der Waals surface area (Å²) in [7, 11) is 0. The average Bonchev–Trinajstić information content (AvgIpc) is 2.17. The normalized spacial score (nSPS) is 15.3. The second-order valence-electron chi connectivity index (χ2n) is 3.07. The highest BCUT2D eigenvalue weighted by molar-refractivity contribution is 14.1. The quantitative estimate of drug-likeness (QED) is 0.415. The van der Waals surface area contributed by atoms with Crippen molar-refractivity contribution in [2.24, 2.45) is 0 Å². The third-order valence-corrected chi connectivity index (χ3v) is 2.95. The van der Waals surface area contributed by atoms with Crippen LogP contribution in [0.1, 0.15) is 11.1 Å². The summed E-state index contributed by atoms with van der Waals surface area (Å²) in [6.07, 6.45) is 4.60. The van der Waals surface area contributed by atoms with Gasteiger partial charge in [-0.1, -0.05) is 0 Å². The van der Waals surface area contributed by atoms with Crippen molar-refractivity contribution in [3.63, 3.8) is 0 Å². The van der Waals surface area contributed by atoms with Gasteiger partial charge in [0.05, 0.1) is 0 Å². The molecule has 0 N–H and O–H groups in total. The zero-order chi connectivity index (χ0) is 9.26. The molecular weight excluding hydrogens is 279 g/mol. The minimum absolute atomic E-state index is 0.125. The standard InChI is InChI=1S/C9H9IN2O/c10-9(13)12-4-2-7-5-11-3-1-8(7)6-12/h1,3,5H,2,4,6H2. The van der Waals surface area contributed by atoms with Gasteiger partial charge in [0.1, 0.15) is 0 Å². The second-order valence-corrected chi connectivity index (χ2v) is 3.99. The zero-order valence-corrected chi connectivity index (χ0v) is 9.19. The van der Waals surface area contributed by atoms with E-state index in [4.69, 9.17) is 0 Å². The second kappa shape index (κ2) is 3.61. The lowest BCUT2D eigenvalue weighted by Gasteiger charge is -2.26. The van der Waals surface area contributed by atoms with E-state index in [-0.39, 0.29) is 3.91 Å². The number of carbonyl (C=O) groups is 1. The first-order valence-corrected chi connectivity index (χ1v) is 5.21. The van der Waals surface area contributed by atoms with E-state index in [1.165, 1.54) is 11.1 Å². The molecule has 0 aromatic carbocycles. The summed E-state index contributed by atoms with van der Waals surface area (Å²) < 4.78 is 0.125. The molecule has 0 fully saturated rings. The van der Waals surface area contributed by atoms with Crippen molar-refractivity contribution in [2.75, 3.05) is 6.54 Å². The Balaban J connectivity index is 2.24. The monoisotopic (exact) mass is 288 g/mol. The third kappa shape index (κ3) is 1.82. The molecule has 0 bridgehead atoms. The molecule has 1 aromatic rings. The van der Waals surface area contributed by atoms with Crippen LogP contribution >= 0.6 is 22.6 Å². The first-order chi connectivity index (χ1) is 6.27. The van der Waals surface area contributed by atoms with Crippen LogP contribution in [0.2, 0.25) is 0 Å². The van der Waals surface area contributed by atoms with Gasteiger partial charge in [-0.05, 0) is 23.6 Å². The number of carbonyl (C=O) groups excluding carboxylic acids is 1. The molecule has 0 saturated carbocycles. The Bertz CT molecular complexity index is 340. The minimum Gasteiger partial charge on any atom is -0.329 e. The van der Waals surface area contributed by atoms with Crippen LogP contribution in [0.4, 0.5) is 4.79 Å². The maximum absolute atomic E-state index is 11.1. The molecule has 2 heterocycles. The highest BCUT2D eigenvalue weighted by Gasteiger charge is 2.18. The number of aromatic nitrogens is 1.